The van der Waals surface area contributed by atoms with Crippen molar-refractivity contribution in [2.24, 2.45) is 5.92 Å². The third-order valence-electron chi connectivity index (χ3n) is 8.08. The summed E-state index contributed by atoms with van der Waals surface area (Å²) in [7, 11) is 2.08. The largest absolute Gasteiger partial charge is 0.462 e. The number of halogens is 2. The van der Waals surface area contributed by atoms with E-state index in [1.165, 1.54) is 23.6 Å². The van der Waals surface area contributed by atoms with Crippen LogP contribution in [0.2, 0.25) is 0 Å². The number of nitrogens with zero attached hydrogens (tertiary/aromatic N) is 3. The lowest BCUT2D eigenvalue weighted by Crippen LogP contribution is -2.31. The van der Waals surface area contributed by atoms with Gasteiger partial charge in [-0.1, -0.05) is 24.8 Å². The summed E-state index contributed by atoms with van der Waals surface area (Å²) < 4.78 is 34.6. The number of ether oxygens (including phenoxy) is 1. The van der Waals surface area contributed by atoms with Crippen LogP contribution in [0.25, 0.3) is 22.0 Å². The van der Waals surface area contributed by atoms with Gasteiger partial charge in [0.25, 0.3) is 5.91 Å². The third kappa shape index (κ3) is 4.71. The number of hydrogen-bond acceptors (Lipinski definition) is 6. The van der Waals surface area contributed by atoms with Crippen LogP contribution in [-0.4, -0.2) is 60.1 Å². The lowest BCUT2D eigenvalue weighted by molar-refractivity contribution is -0.118. The molecule has 2 aromatic carbocycles. The first-order chi connectivity index (χ1) is 18.4. The number of amides is 1. The number of nitrogens with one attached hydrogen (secondary N) is 2. The number of likely N-dealkylation sites (tertiary alicyclic amines) is 1. The van der Waals surface area contributed by atoms with Crippen LogP contribution < -0.4 is 15.4 Å². The average Bonchev–Trinajstić information content (AvgIpc) is 3.39. The van der Waals surface area contributed by atoms with Crippen LogP contribution in [-0.2, 0) is 11.2 Å². The minimum Gasteiger partial charge on any atom is -0.462 e. The fourth-order valence-corrected chi connectivity index (χ4v) is 5.90. The number of anilines is 1. The Morgan fingerprint density at radius 3 is 2.89 bits per heavy atom. The Labute approximate surface area is 220 Å². The van der Waals surface area contributed by atoms with E-state index in [0.29, 0.717) is 40.7 Å². The van der Waals surface area contributed by atoms with Gasteiger partial charge in [0.1, 0.15) is 18.2 Å². The van der Waals surface area contributed by atoms with Crippen molar-refractivity contribution in [3.63, 3.8) is 0 Å². The Kier molecular flexibility index (Phi) is 6.47. The molecule has 2 fully saturated rings. The van der Waals surface area contributed by atoms with E-state index >= 15 is 4.39 Å². The van der Waals surface area contributed by atoms with E-state index in [-0.39, 0.29) is 31.0 Å². The summed E-state index contributed by atoms with van der Waals surface area (Å²) in [6.07, 6.45) is 4.39. The minimum atomic E-state index is -1.05. The van der Waals surface area contributed by atoms with E-state index < -0.39 is 11.7 Å². The summed E-state index contributed by atoms with van der Waals surface area (Å²) in [4.78, 5) is 22.9. The number of aromatic nitrogens is 2. The molecule has 2 N–H and O–H groups in total. The van der Waals surface area contributed by atoms with Gasteiger partial charge in [-0.3, -0.25) is 4.79 Å². The summed E-state index contributed by atoms with van der Waals surface area (Å²) in [6, 6.07) is 9.90. The zero-order valence-electron chi connectivity index (χ0n) is 21.4. The SMILES string of the molecule is C=C(F)C(=O)NCCNc1nc(OC[C@@H]2CCCN2C)nc2cc(-c3cccc4c3CC3CC43)c(F)cc12. The van der Waals surface area contributed by atoms with Crippen LogP contribution in [0.4, 0.5) is 14.6 Å². The Hall–Kier alpha value is -3.59. The van der Waals surface area contributed by atoms with Gasteiger partial charge in [0.2, 0.25) is 0 Å². The molecule has 2 aliphatic carbocycles. The highest BCUT2D eigenvalue weighted by Crippen LogP contribution is 2.58. The van der Waals surface area contributed by atoms with Crippen molar-refractivity contribution in [1.82, 2.24) is 20.2 Å². The summed E-state index contributed by atoms with van der Waals surface area (Å²) in [5, 5.41) is 6.06. The van der Waals surface area contributed by atoms with Gasteiger partial charge in [0, 0.05) is 30.1 Å². The second-order valence-corrected chi connectivity index (χ2v) is 10.6. The van der Waals surface area contributed by atoms with E-state index in [0.717, 1.165) is 31.4 Å². The smallest absolute Gasteiger partial charge is 0.318 e. The fraction of sp³-hybridized carbons (Fsp3) is 0.414. The van der Waals surface area contributed by atoms with Crippen LogP contribution in [0, 0.1) is 11.7 Å². The molecule has 198 valence electrons. The predicted octanol–water partition coefficient (Wildman–Crippen LogP) is 4.58. The second-order valence-electron chi connectivity index (χ2n) is 10.6. The molecule has 3 atom stereocenters. The summed E-state index contributed by atoms with van der Waals surface area (Å²) >= 11 is 0. The van der Waals surface area contributed by atoms with Gasteiger partial charge >= 0.3 is 6.01 Å². The molecule has 2 heterocycles. The van der Waals surface area contributed by atoms with Gasteiger partial charge in [-0.15, -0.1) is 0 Å². The normalized spacial score (nSPS) is 21.7. The van der Waals surface area contributed by atoms with Gasteiger partial charge in [-0.25, -0.2) is 8.78 Å². The first-order valence-corrected chi connectivity index (χ1v) is 13.2. The monoisotopic (exact) mass is 519 g/mol. The second kappa shape index (κ2) is 9.94. The molecular formula is C29H31F2N5O2. The van der Waals surface area contributed by atoms with E-state index in [4.69, 9.17) is 4.74 Å². The lowest BCUT2D eigenvalue weighted by Gasteiger charge is -2.19. The number of benzene rings is 2. The molecule has 38 heavy (non-hydrogen) atoms. The molecule has 7 nitrogen and oxygen atoms in total. The maximum absolute atomic E-state index is 15.6. The number of likely N-dealkylation sites (N-methyl/N-ethyl adjacent to an activating group) is 1. The molecule has 1 aliphatic heterocycles. The highest BCUT2D eigenvalue weighted by molar-refractivity contribution is 5.93. The molecule has 3 aromatic rings. The van der Waals surface area contributed by atoms with Crippen LogP contribution >= 0.6 is 0 Å². The molecule has 0 radical (unpaired) electrons. The molecule has 9 heteroatoms. The Balaban J connectivity index is 1.32. The van der Waals surface area contributed by atoms with E-state index in [9.17, 15) is 9.18 Å². The predicted molar refractivity (Wildman–Crippen MR) is 142 cm³/mol. The topological polar surface area (TPSA) is 79.4 Å². The van der Waals surface area contributed by atoms with Crippen LogP contribution in [0.5, 0.6) is 6.01 Å². The van der Waals surface area contributed by atoms with Gasteiger partial charge in [0.15, 0.2) is 5.83 Å². The van der Waals surface area contributed by atoms with Crippen LogP contribution in [0.3, 0.4) is 0 Å². The molecule has 6 rings (SSSR count). The Morgan fingerprint density at radius 1 is 1.24 bits per heavy atom. The summed E-state index contributed by atoms with van der Waals surface area (Å²) in [5.41, 5.74) is 4.60. The molecule has 1 amide bonds. The van der Waals surface area contributed by atoms with Crippen LogP contribution in [0.15, 0.2) is 42.7 Å². The van der Waals surface area contributed by atoms with Crippen molar-refractivity contribution >= 4 is 22.6 Å². The zero-order chi connectivity index (χ0) is 26.4. The number of rotatable bonds is 9. The molecule has 1 saturated carbocycles. The van der Waals surface area contributed by atoms with Crippen LogP contribution in [0.1, 0.15) is 36.3 Å². The van der Waals surface area contributed by atoms with Gasteiger partial charge in [-0.2, -0.15) is 9.97 Å². The van der Waals surface area contributed by atoms with Crippen molar-refractivity contribution in [3.05, 3.63) is 59.7 Å². The van der Waals surface area contributed by atoms with E-state index in [2.05, 4.69) is 45.2 Å². The summed E-state index contributed by atoms with van der Waals surface area (Å²) in [5.74, 6) is -0.562. The number of carbonyl (C=O) groups excluding carboxylic acids is 1. The first-order valence-electron chi connectivity index (χ1n) is 13.2. The van der Waals surface area contributed by atoms with E-state index in [1.807, 2.05) is 12.1 Å². The first kappa shape index (κ1) is 24.7. The standard InChI is InChI=1S/C29H31F2N5O2/c1-16(30)28(37)33-9-8-32-27-24-13-25(31)23(20-7-3-6-19-21-11-17(21)12-22(19)20)14-26(24)34-29(35-27)38-15-18-5-4-10-36(18)2/h3,6-7,13-14,17-18,21H,1,4-5,8-12,15H2,2H3,(H,33,37)(H,32,34,35)/t17?,18-,21?/m0/s1. The maximum Gasteiger partial charge on any atom is 0.318 e. The Morgan fingerprint density at radius 2 is 2.11 bits per heavy atom. The highest BCUT2D eigenvalue weighted by Gasteiger charge is 2.45. The van der Waals surface area contributed by atoms with Crippen molar-refractivity contribution in [3.8, 4) is 17.1 Å². The van der Waals surface area contributed by atoms with Gasteiger partial charge in [-0.05, 0) is 79.9 Å². The van der Waals surface area contributed by atoms with Gasteiger partial charge in [0.05, 0.1) is 5.52 Å². The Bertz CT molecular complexity index is 1430. The molecule has 1 aromatic heterocycles. The fourth-order valence-electron chi connectivity index (χ4n) is 5.90. The summed E-state index contributed by atoms with van der Waals surface area (Å²) in [6.45, 7) is 4.86. The molecular weight excluding hydrogens is 488 g/mol. The lowest BCUT2D eigenvalue weighted by atomic mass is 9.93. The molecule has 0 spiro atoms. The average molecular weight is 520 g/mol. The molecule has 3 aliphatic rings. The molecule has 2 unspecified atom stereocenters. The minimum absolute atomic E-state index is 0.134. The highest BCUT2D eigenvalue weighted by atomic mass is 19.1. The number of fused-ring (bicyclic) bond motifs is 4. The van der Waals surface area contributed by atoms with Crippen molar-refractivity contribution < 1.29 is 18.3 Å². The molecule has 1 saturated heterocycles. The third-order valence-corrected chi connectivity index (χ3v) is 8.08. The van der Waals surface area contributed by atoms with Gasteiger partial charge < -0.3 is 20.3 Å². The maximum atomic E-state index is 15.6. The van der Waals surface area contributed by atoms with Crippen molar-refractivity contribution in [1.29, 1.82) is 0 Å². The van der Waals surface area contributed by atoms with E-state index in [1.54, 1.807) is 6.07 Å². The van der Waals surface area contributed by atoms with Crippen molar-refractivity contribution in [2.45, 2.75) is 37.6 Å². The number of carbonyl (C=O) groups is 1. The zero-order valence-corrected chi connectivity index (χ0v) is 21.4. The van der Waals surface area contributed by atoms with Crippen molar-refractivity contribution in [2.75, 3.05) is 38.6 Å². The quantitative estimate of drug-likeness (QED) is 0.318. The number of hydrogen-bond donors (Lipinski definition) is 2. The molecule has 0 bridgehead atoms.